The fraction of sp³-hybridized carbons (Fsp3) is 0.348. The molecule has 0 aliphatic heterocycles. The Balaban J connectivity index is 2.14. The van der Waals surface area contributed by atoms with Gasteiger partial charge in [-0.05, 0) is 58.2 Å². The summed E-state index contributed by atoms with van der Waals surface area (Å²) in [6, 6.07) is 0. The molecule has 9 nitrogen and oxygen atoms in total. The van der Waals surface area contributed by atoms with E-state index in [-0.39, 0.29) is 5.01 Å². The number of carbonyl (C=O) groups is 2. The quantitative estimate of drug-likeness (QED) is 0.390. The van der Waals surface area contributed by atoms with Crippen molar-refractivity contribution >= 4 is 45.0 Å². The molecule has 0 fully saturated rings. The van der Waals surface area contributed by atoms with E-state index in [1.54, 1.807) is 25.3 Å². The zero-order chi connectivity index (χ0) is 24.2. The van der Waals surface area contributed by atoms with Crippen LogP contribution in [0, 0.1) is 13.8 Å². The number of thiazole rings is 1. The first-order valence-electron chi connectivity index (χ1n) is 10.3. The van der Waals surface area contributed by atoms with Gasteiger partial charge in [0.15, 0.2) is 5.65 Å². The van der Waals surface area contributed by atoms with Gasteiger partial charge in [0.1, 0.15) is 22.3 Å². The summed E-state index contributed by atoms with van der Waals surface area (Å²) in [7, 11) is 1.29. The smallest absolute Gasteiger partial charge is 0.420 e. The SMILES string of the molecule is C=C(C)c1c(-c2cn3ncnc3c(C)c2C)n(C(=O)OC(C)(C)C)c2sc(C(=O)OC)nc12. The number of esters is 1. The minimum atomic E-state index is -0.731. The Bertz CT molecular complexity index is 1450. The van der Waals surface area contributed by atoms with Gasteiger partial charge in [-0.1, -0.05) is 17.9 Å². The van der Waals surface area contributed by atoms with Gasteiger partial charge < -0.3 is 9.47 Å². The lowest BCUT2D eigenvalue weighted by Crippen LogP contribution is -2.27. The van der Waals surface area contributed by atoms with Crippen molar-refractivity contribution in [2.24, 2.45) is 0 Å². The third-order valence-electron chi connectivity index (χ3n) is 5.25. The topological polar surface area (TPSA) is 101 Å². The third-order valence-corrected chi connectivity index (χ3v) is 6.27. The Hall–Kier alpha value is -3.53. The molecule has 33 heavy (non-hydrogen) atoms. The number of hydrogen-bond acceptors (Lipinski definition) is 8. The summed E-state index contributed by atoms with van der Waals surface area (Å²) in [6.07, 6.45) is 2.74. The molecule has 0 unspecified atom stereocenters. The van der Waals surface area contributed by atoms with E-state index >= 15 is 0 Å². The maximum atomic E-state index is 13.5. The number of methoxy groups -OCH3 is 1. The van der Waals surface area contributed by atoms with Crippen molar-refractivity contribution < 1.29 is 19.1 Å². The van der Waals surface area contributed by atoms with Crippen LogP contribution in [-0.2, 0) is 9.47 Å². The first-order valence-corrected chi connectivity index (χ1v) is 11.1. The standard InChI is InChI=1S/C23H25N5O4S/c1-11(2)15-16-20(33-19(26-16)21(29)31-8)28(22(30)32-23(5,6)7)17(15)14-9-27-18(24-10-25-27)13(4)12(14)3/h9-10H,1H2,2-8H3. The summed E-state index contributed by atoms with van der Waals surface area (Å²) in [5.74, 6) is -0.572. The van der Waals surface area contributed by atoms with E-state index < -0.39 is 17.7 Å². The van der Waals surface area contributed by atoms with E-state index in [4.69, 9.17) is 9.47 Å². The van der Waals surface area contributed by atoms with Gasteiger partial charge in [-0.3, -0.25) is 0 Å². The molecule has 4 aromatic rings. The second kappa shape index (κ2) is 7.80. The minimum absolute atomic E-state index is 0.147. The average Bonchev–Trinajstić information content (AvgIpc) is 3.41. The molecule has 10 heteroatoms. The van der Waals surface area contributed by atoms with Gasteiger partial charge in [0.2, 0.25) is 5.01 Å². The summed E-state index contributed by atoms with van der Waals surface area (Å²) in [5, 5.41) is 4.44. The van der Waals surface area contributed by atoms with Crippen LogP contribution in [-0.4, -0.2) is 48.9 Å². The molecule has 4 rings (SSSR count). The minimum Gasteiger partial charge on any atom is -0.464 e. The van der Waals surface area contributed by atoms with Crippen LogP contribution >= 0.6 is 11.3 Å². The molecule has 0 aliphatic rings. The van der Waals surface area contributed by atoms with Crippen molar-refractivity contribution in [2.75, 3.05) is 7.11 Å². The highest BCUT2D eigenvalue weighted by Crippen LogP contribution is 2.42. The molecule has 0 aliphatic carbocycles. The Morgan fingerprint density at radius 2 is 1.88 bits per heavy atom. The van der Waals surface area contributed by atoms with Gasteiger partial charge >= 0.3 is 12.1 Å². The first-order chi connectivity index (χ1) is 15.4. The lowest BCUT2D eigenvalue weighted by molar-refractivity contribution is 0.0545. The number of carbonyl (C=O) groups excluding carboxylic acids is 2. The van der Waals surface area contributed by atoms with Crippen LogP contribution < -0.4 is 0 Å². The van der Waals surface area contributed by atoms with Crippen LogP contribution in [0.1, 0.15) is 54.2 Å². The highest BCUT2D eigenvalue weighted by Gasteiger charge is 2.31. The zero-order valence-corrected chi connectivity index (χ0v) is 20.5. The van der Waals surface area contributed by atoms with Gasteiger partial charge in [-0.15, -0.1) is 0 Å². The summed E-state index contributed by atoms with van der Waals surface area (Å²) < 4.78 is 13.7. The lowest BCUT2D eigenvalue weighted by Gasteiger charge is -2.21. The molecule has 0 atom stereocenters. The number of fused-ring (bicyclic) bond motifs is 2. The Morgan fingerprint density at radius 1 is 1.18 bits per heavy atom. The monoisotopic (exact) mass is 467 g/mol. The molecular formula is C23H25N5O4S. The molecule has 0 radical (unpaired) electrons. The largest absolute Gasteiger partial charge is 0.464 e. The van der Waals surface area contributed by atoms with Gasteiger partial charge in [0.25, 0.3) is 0 Å². The summed E-state index contributed by atoms with van der Waals surface area (Å²) in [4.78, 5) is 35.0. The number of hydrogen-bond donors (Lipinski definition) is 0. The van der Waals surface area contributed by atoms with Crippen LogP contribution in [0.2, 0.25) is 0 Å². The van der Waals surface area contributed by atoms with E-state index in [0.29, 0.717) is 27.2 Å². The number of ether oxygens (including phenoxy) is 2. The fourth-order valence-electron chi connectivity index (χ4n) is 3.71. The van der Waals surface area contributed by atoms with Crippen LogP contribution in [0.15, 0.2) is 19.1 Å². The van der Waals surface area contributed by atoms with Crippen LogP contribution in [0.5, 0.6) is 0 Å². The highest BCUT2D eigenvalue weighted by atomic mass is 32.1. The number of allylic oxidation sites excluding steroid dienone is 1. The molecule has 0 amide bonds. The van der Waals surface area contributed by atoms with Crippen molar-refractivity contribution in [3.63, 3.8) is 0 Å². The Kier molecular flexibility index (Phi) is 5.36. The van der Waals surface area contributed by atoms with Gasteiger partial charge in [0, 0.05) is 17.3 Å². The van der Waals surface area contributed by atoms with Crippen molar-refractivity contribution in [1.29, 1.82) is 0 Å². The van der Waals surface area contributed by atoms with Crippen LogP contribution in [0.25, 0.3) is 32.8 Å². The van der Waals surface area contributed by atoms with Crippen molar-refractivity contribution in [3.05, 3.63) is 40.8 Å². The maximum Gasteiger partial charge on any atom is 0.420 e. The number of nitrogens with zero attached hydrogens (tertiary/aromatic N) is 5. The van der Waals surface area contributed by atoms with Crippen LogP contribution in [0.4, 0.5) is 4.79 Å². The normalized spacial score (nSPS) is 11.8. The second-order valence-corrected chi connectivity index (χ2v) is 9.78. The van der Waals surface area contributed by atoms with Crippen molar-refractivity contribution in [3.8, 4) is 11.3 Å². The number of aromatic nitrogens is 5. The Labute approximate surface area is 194 Å². The van der Waals surface area contributed by atoms with Crippen molar-refractivity contribution in [2.45, 2.75) is 47.1 Å². The molecule has 0 N–H and O–H groups in total. The molecule has 0 spiro atoms. The summed E-state index contributed by atoms with van der Waals surface area (Å²) in [5.41, 5.74) is 5.05. The summed E-state index contributed by atoms with van der Waals surface area (Å²) in [6.45, 7) is 15.3. The van der Waals surface area contributed by atoms with E-state index in [2.05, 4.69) is 21.6 Å². The van der Waals surface area contributed by atoms with E-state index in [1.807, 2.05) is 27.0 Å². The maximum absolute atomic E-state index is 13.5. The predicted molar refractivity (Wildman–Crippen MR) is 127 cm³/mol. The molecular weight excluding hydrogens is 442 g/mol. The highest BCUT2D eigenvalue weighted by molar-refractivity contribution is 7.20. The van der Waals surface area contributed by atoms with E-state index in [1.165, 1.54) is 18.0 Å². The number of rotatable bonds is 3. The lowest BCUT2D eigenvalue weighted by atomic mass is 9.98. The van der Waals surface area contributed by atoms with Gasteiger partial charge in [-0.2, -0.15) is 5.10 Å². The molecule has 4 aromatic heterocycles. The molecule has 0 saturated carbocycles. The molecule has 0 saturated heterocycles. The zero-order valence-electron chi connectivity index (χ0n) is 19.6. The summed E-state index contributed by atoms with van der Waals surface area (Å²) >= 11 is 1.07. The average molecular weight is 468 g/mol. The number of pyridine rings is 1. The predicted octanol–water partition coefficient (Wildman–Crippen LogP) is 5.03. The van der Waals surface area contributed by atoms with Crippen molar-refractivity contribution in [1.82, 2.24) is 24.1 Å². The first kappa shape index (κ1) is 22.7. The molecule has 0 aromatic carbocycles. The van der Waals surface area contributed by atoms with E-state index in [9.17, 15) is 9.59 Å². The van der Waals surface area contributed by atoms with Crippen LogP contribution in [0.3, 0.4) is 0 Å². The van der Waals surface area contributed by atoms with E-state index in [0.717, 1.165) is 33.7 Å². The molecule has 0 bridgehead atoms. The second-order valence-electron chi connectivity index (χ2n) is 8.81. The number of aryl methyl sites for hydroxylation is 1. The third kappa shape index (κ3) is 3.70. The Morgan fingerprint density at radius 3 is 2.48 bits per heavy atom. The molecule has 172 valence electrons. The van der Waals surface area contributed by atoms with Gasteiger partial charge in [-0.25, -0.2) is 28.6 Å². The van der Waals surface area contributed by atoms with Gasteiger partial charge in [0.05, 0.1) is 12.8 Å². The fourth-order valence-corrected chi connectivity index (χ4v) is 4.70. The molecule has 4 heterocycles.